The molecule has 6 heteroatoms. The summed E-state index contributed by atoms with van der Waals surface area (Å²) in [6, 6.07) is 14.0. The number of ether oxygens (including phenoxy) is 2. The number of hydrogen-bond donors (Lipinski definition) is 2. The van der Waals surface area contributed by atoms with Gasteiger partial charge in [-0.15, -0.1) is 0 Å². The Morgan fingerprint density at radius 3 is 2.55 bits per heavy atom. The zero-order chi connectivity index (χ0) is 15.8. The van der Waals surface area contributed by atoms with Crippen molar-refractivity contribution in [3.63, 3.8) is 0 Å². The molecule has 0 heterocycles. The average Bonchev–Trinajstić information content (AvgIpc) is 2.55. The molecular weight excluding hydrogens is 282 g/mol. The Balaban J connectivity index is 1.98. The van der Waals surface area contributed by atoms with Crippen molar-refractivity contribution in [1.29, 1.82) is 0 Å². The summed E-state index contributed by atoms with van der Waals surface area (Å²) >= 11 is 0. The molecule has 0 saturated heterocycles. The number of nitrogens with zero attached hydrogens (tertiary/aromatic N) is 1. The normalized spacial score (nSPS) is 10.3. The molecule has 2 rings (SSSR count). The number of carbonyl (C=O) groups is 1. The van der Waals surface area contributed by atoms with Crippen molar-refractivity contribution in [3.8, 4) is 11.5 Å². The van der Waals surface area contributed by atoms with Gasteiger partial charge in [0.2, 0.25) is 0 Å². The monoisotopic (exact) mass is 299 g/mol. The first-order chi connectivity index (χ1) is 10.7. The molecular formula is C16H17N3O3. The van der Waals surface area contributed by atoms with Gasteiger partial charge in [-0.25, -0.2) is 10.2 Å². The minimum absolute atomic E-state index is 0.427. The number of hydrogen-bond acceptors (Lipinski definition) is 4. The lowest BCUT2D eigenvalue weighted by atomic mass is 10.2. The van der Waals surface area contributed by atoms with E-state index >= 15 is 0 Å². The van der Waals surface area contributed by atoms with Gasteiger partial charge < -0.3 is 14.8 Å². The lowest BCUT2D eigenvalue weighted by molar-refractivity contribution is 0.252. The smallest absolute Gasteiger partial charge is 0.339 e. The molecule has 2 N–H and O–H groups in total. The molecule has 114 valence electrons. The molecule has 0 spiro atoms. The van der Waals surface area contributed by atoms with Crippen LogP contribution in [-0.4, -0.2) is 26.5 Å². The van der Waals surface area contributed by atoms with Crippen LogP contribution in [-0.2, 0) is 0 Å². The van der Waals surface area contributed by atoms with E-state index in [4.69, 9.17) is 9.47 Å². The van der Waals surface area contributed by atoms with E-state index in [2.05, 4.69) is 15.8 Å². The number of anilines is 1. The van der Waals surface area contributed by atoms with Gasteiger partial charge >= 0.3 is 6.03 Å². The molecule has 0 unspecified atom stereocenters. The zero-order valence-corrected chi connectivity index (χ0v) is 12.4. The molecule has 2 aromatic carbocycles. The van der Waals surface area contributed by atoms with Gasteiger partial charge in [-0.1, -0.05) is 18.2 Å². The number of benzene rings is 2. The van der Waals surface area contributed by atoms with E-state index in [0.29, 0.717) is 22.7 Å². The Kier molecular flexibility index (Phi) is 5.37. The van der Waals surface area contributed by atoms with Crippen molar-refractivity contribution < 1.29 is 14.3 Å². The highest BCUT2D eigenvalue weighted by atomic mass is 16.5. The number of hydrazone groups is 1. The highest BCUT2D eigenvalue weighted by molar-refractivity contribution is 5.91. The van der Waals surface area contributed by atoms with Gasteiger partial charge in [0.1, 0.15) is 11.5 Å². The van der Waals surface area contributed by atoms with Crippen LogP contribution in [0.15, 0.2) is 53.6 Å². The van der Waals surface area contributed by atoms with Gasteiger partial charge in [-0.05, 0) is 30.3 Å². The lowest BCUT2D eigenvalue weighted by Crippen LogP contribution is -2.24. The first-order valence-corrected chi connectivity index (χ1v) is 6.60. The van der Waals surface area contributed by atoms with Crippen molar-refractivity contribution in [1.82, 2.24) is 5.43 Å². The van der Waals surface area contributed by atoms with E-state index in [-0.39, 0.29) is 0 Å². The van der Waals surface area contributed by atoms with E-state index in [0.717, 1.165) is 0 Å². The second-order valence-corrected chi connectivity index (χ2v) is 4.30. The summed E-state index contributed by atoms with van der Waals surface area (Å²) in [4.78, 5) is 11.7. The summed E-state index contributed by atoms with van der Waals surface area (Å²) in [5, 5.41) is 6.56. The van der Waals surface area contributed by atoms with Crippen molar-refractivity contribution >= 4 is 17.9 Å². The van der Waals surface area contributed by atoms with Gasteiger partial charge in [0, 0.05) is 11.3 Å². The molecule has 2 aromatic rings. The first kappa shape index (κ1) is 15.4. The third kappa shape index (κ3) is 4.24. The molecule has 2 amide bonds. The van der Waals surface area contributed by atoms with Crippen LogP contribution in [0.2, 0.25) is 0 Å². The largest absolute Gasteiger partial charge is 0.497 e. The quantitative estimate of drug-likeness (QED) is 0.658. The molecule has 0 bridgehead atoms. The fourth-order valence-electron chi connectivity index (χ4n) is 1.78. The number of amides is 2. The molecule has 22 heavy (non-hydrogen) atoms. The fraction of sp³-hybridized carbons (Fsp3) is 0.125. The van der Waals surface area contributed by atoms with Gasteiger partial charge in [-0.3, -0.25) is 0 Å². The highest BCUT2D eigenvalue weighted by Crippen LogP contribution is 2.22. The number of rotatable bonds is 5. The molecule has 0 aliphatic rings. The van der Waals surface area contributed by atoms with E-state index in [1.54, 1.807) is 44.6 Å². The third-order valence-electron chi connectivity index (χ3n) is 2.84. The summed E-state index contributed by atoms with van der Waals surface area (Å²) < 4.78 is 10.4. The third-order valence-corrected chi connectivity index (χ3v) is 2.84. The van der Waals surface area contributed by atoms with Crippen molar-refractivity contribution in [2.24, 2.45) is 5.10 Å². The van der Waals surface area contributed by atoms with Crippen molar-refractivity contribution in [3.05, 3.63) is 54.1 Å². The van der Waals surface area contributed by atoms with E-state index in [1.807, 2.05) is 18.2 Å². The Hall–Kier alpha value is -3.02. The van der Waals surface area contributed by atoms with Gasteiger partial charge in [0.15, 0.2) is 0 Å². The predicted molar refractivity (Wildman–Crippen MR) is 85.7 cm³/mol. The molecule has 0 saturated carbocycles. The van der Waals surface area contributed by atoms with Crippen LogP contribution in [0.4, 0.5) is 10.5 Å². The van der Waals surface area contributed by atoms with E-state index in [1.165, 1.54) is 6.21 Å². The van der Waals surface area contributed by atoms with Crippen LogP contribution in [0.5, 0.6) is 11.5 Å². The topological polar surface area (TPSA) is 72.0 Å². The second kappa shape index (κ2) is 7.68. The Labute approximate surface area is 128 Å². The maximum Gasteiger partial charge on any atom is 0.339 e. The van der Waals surface area contributed by atoms with E-state index in [9.17, 15) is 4.79 Å². The summed E-state index contributed by atoms with van der Waals surface area (Å²) in [5.74, 6) is 1.31. The summed E-state index contributed by atoms with van der Waals surface area (Å²) in [6.07, 6.45) is 1.49. The molecule has 0 fully saturated rings. The molecule has 0 aliphatic carbocycles. The van der Waals surface area contributed by atoms with E-state index < -0.39 is 6.03 Å². The predicted octanol–water partition coefficient (Wildman–Crippen LogP) is 2.86. The SMILES string of the molecule is COc1ccc(OC)c(/C=N\NC(=O)Nc2ccccc2)c1. The van der Waals surface area contributed by atoms with Crippen LogP contribution in [0.1, 0.15) is 5.56 Å². The van der Waals surface area contributed by atoms with Gasteiger partial charge in [-0.2, -0.15) is 5.10 Å². The standard InChI is InChI=1S/C16H17N3O3/c1-21-14-8-9-15(22-2)12(10-14)11-17-19-16(20)18-13-6-4-3-5-7-13/h3-11H,1-2H3,(H2,18,19,20)/b17-11-. The molecule has 0 aromatic heterocycles. The maximum absolute atomic E-state index is 11.7. The number of methoxy groups -OCH3 is 2. The first-order valence-electron chi connectivity index (χ1n) is 6.60. The summed E-state index contributed by atoms with van der Waals surface area (Å²) in [5.41, 5.74) is 3.78. The average molecular weight is 299 g/mol. The van der Waals surface area contributed by atoms with Crippen LogP contribution >= 0.6 is 0 Å². The lowest BCUT2D eigenvalue weighted by Gasteiger charge is -2.07. The highest BCUT2D eigenvalue weighted by Gasteiger charge is 2.03. The van der Waals surface area contributed by atoms with Crippen molar-refractivity contribution in [2.75, 3.05) is 19.5 Å². The Bertz CT molecular complexity index is 657. The van der Waals surface area contributed by atoms with Gasteiger partial charge in [0.05, 0.1) is 20.4 Å². The molecule has 0 atom stereocenters. The Morgan fingerprint density at radius 1 is 1.09 bits per heavy atom. The fourth-order valence-corrected chi connectivity index (χ4v) is 1.78. The summed E-state index contributed by atoms with van der Waals surface area (Å²) in [6.45, 7) is 0. The molecule has 6 nitrogen and oxygen atoms in total. The van der Waals surface area contributed by atoms with Crippen molar-refractivity contribution in [2.45, 2.75) is 0 Å². The summed E-state index contributed by atoms with van der Waals surface area (Å²) in [7, 11) is 3.14. The zero-order valence-electron chi connectivity index (χ0n) is 12.4. The second-order valence-electron chi connectivity index (χ2n) is 4.30. The number of urea groups is 1. The number of para-hydroxylation sites is 1. The molecule has 0 aliphatic heterocycles. The number of nitrogens with one attached hydrogen (secondary N) is 2. The van der Waals surface area contributed by atoms with Gasteiger partial charge in [0.25, 0.3) is 0 Å². The van der Waals surface area contributed by atoms with Crippen LogP contribution in [0.25, 0.3) is 0 Å². The van der Waals surface area contributed by atoms with Crippen LogP contribution in [0.3, 0.4) is 0 Å². The minimum atomic E-state index is -0.427. The Morgan fingerprint density at radius 2 is 1.86 bits per heavy atom. The van der Waals surface area contributed by atoms with Crippen LogP contribution in [0, 0.1) is 0 Å². The number of carbonyl (C=O) groups excluding carboxylic acids is 1. The molecule has 0 radical (unpaired) electrons. The van der Waals surface area contributed by atoms with Crippen LogP contribution < -0.4 is 20.2 Å². The maximum atomic E-state index is 11.7. The minimum Gasteiger partial charge on any atom is -0.497 e.